The average molecular weight is 355 g/mol. The summed E-state index contributed by atoms with van der Waals surface area (Å²) in [6.45, 7) is 4.11. The summed E-state index contributed by atoms with van der Waals surface area (Å²) in [5.74, 6) is 1.92. The van der Waals surface area contributed by atoms with E-state index in [1.807, 2.05) is 35.2 Å². The molecule has 138 valence electrons. The van der Waals surface area contributed by atoms with Gasteiger partial charge < -0.3 is 19.5 Å². The predicted octanol–water partition coefficient (Wildman–Crippen LogP) is 1.30. The van der Waals surface area contributed by atoms with Crippen molar-refractivity contribution >= 4 is 5.91 Å². The summed E-state index contributed by atoms with van der Waals surface area (Å²) in [5, 5.41) is 12.1. The molecule has 2 aliphatic heterocycles. The highest BCUT2D eigenvalue weighted by molar-refractivity contribution is 5.83. The molecule has 1 N–H and O–H groups in total. The van der Waals surface area contributed by atoms with Crippen molar-refractivity contribution in [2.75, 3.05) is 33.4 Å². The number of ether oxygens (including phenoxy) is 1. The highest BCUT2D eigenvalue weighted by Gasteiger charge is 2.43. The maximum absolute atomic E-state index is 13.3. The fraction of sp³-hybridized carbons (Fsp3) is 0.526. The molecule has 1 fully saturated rings. The summed E-state index contributed by atoms with van der Waals surface area (Å²) in [5.41, 5.74) is 0.644. The number of amides is 1. The molecule has 3 heterocycles. The van der Waals surface area contributed by atoms with Gasteiger partial charge in [-0.25, -0.2) is 0 Å². The van der Waals surface area contributed by atoms with Crippen LogP contribution in [0.4, 0.5) is 0 Å². The van der Waals surface area contributed by atoms with Crippen molar-refractivity contribution < 1.29 is 9.53 Å². The molecule has 4 rings (SSSR count). The largest absolute Gasteiger partial charge is 0.384 e. The topological polar surface area (TPSA) is 72.3 Å². The van der Waals surface area contributed by atoms with Crippen molar-refractivity contribution in [1.29, 1.82) is 0 Å². The van der Waals surface area contributed by atoms with E-state index < -0.39 is 5.41 Å². The lowest BCUT2D eigenvalue weighted by Crippen LogP contribution is -2.53. The van der Waals surface area contributed by atoms with Gasteiger partial charge in [0.1, 0.15) is 0 Å². The molecule has 0 saturated carbocycles. The molecule has 1 aromatic carbocycles. The summed E-state index contributed by atoms with van der Waals surface area (Å²) in [6, 6.07) is 10.1. The number of aromatic nitrogens is 3. The van der Waals surface area contributed by atoms with Crippen LogP contribution in [0, 0.1) is 5.41 Å². The maximum atomic E-state index is 13.3. The van der Waals surface area contributed by atoms with Crippen LogP contribution in [-0.2, 0) is 22.6 Å². The van der Waals surface area contributed by atoms with Crippen molar-refractivity contribution in [3.05, 3.63) is 36.2 Å². The number of nitrogens with one attached hydrogen (secondary N) is 1. The third-order valence-corrected chi connectivity index (χ3v) is 5.51. The number of rotatable bonds is 4. The summed E-state index contributed by atoms with van der Waals surface area (Å²) in [6.07, 6.45) is 1.64. The second-order valence-electron chi connectivity index (χ2n) is 7.15. The Hall–Kier alpha value is -2.25. The number of hydrogen-bond donors (Lipinski definition) is 1. The number of piperidine rings is 1. The van der Waals surface area contributed by atoms with E-state index in [-0.39, 0.29) is 5.91 Å². The Morgan fingerprint density at radius 1 is 1.19 bits per heavy atom. The van der Waals surface area contributed by atoms with Crippen LogP contribution >= 0.6 is 0 Å². The lowest BCUT2D eigenvalue weighted by atomic mass is 9.78. The minimum Gasteiger partial charge on any atom is -0.384 e. The molecule has 0 spiro atoms. The Labute approximate surface area is 153 Å². The van der Waals surface area contributed by atoms with E-state index in [2.05, 4.69) is 20.1 Å². The minimum absolute atomic E-state index is 0.191. The van der Waals surface area contributed by atoms with Crippen LogP contribution in [0.2, 0.25) is 0 Å². The van der Waals surface area contributed by atoms with Gasteiger partial charge in [0.25, 0.3) is 0 Å². The number of methoxy groups -OCH3 is 1. The first-order valence-electron chi connectivity index (χ1n) is 9.20. The van der Waals surface area contributed by atoms with Crippen LogP contribution in [0.25, 0.3) is 11.4 Å². The van der Waals surface area contributed by atoms with Crippen LogP contribution in [-0.4, -0.2) is 58.9 Å². The van der Waals surface area contributed by atoms with Crippen LogP contribution < -0.4 is 5.32 Å². The van der Waals surface area contributed by atoms with Crippen LogP contribution in [0.3, 0.4) is 0 Å². The molecule has 0 bridgehead atoms. The van der Waals surface area contributed by atoms with Crippen molar-refractivity contribution in [1.82, 2.24) is 25.0 Å². The average Bonchev–Trinajstić information content (AvgIpc) is 3.12. The molecule has 1 saturated heterocycles. The number of fused-ring (bicyclic) bond motifs is 1. The van der Waals surface area contributed by atoms with Gasteiger partial charge in [-0.2, -0.15) is 0 Å². The fourth-order valence-corrected chi connectivity index (χ4v) is 4.07. The van der Waals surface area contributed by atoms with Gasteiger partial charge in [0.05, 0.1) is 18.6 Å². The number of carbonyl (C=O) groups is 1. The van der Waals surface area contributed by atoms with Crippen molar-refractivity contribution in [2.24, 2.45) is 5.41 Å². The van der Waals surface area contributed by atoms with Crippen LogP contribution in [0.1, 0.15) is 18.7 Å². The quantitative estimate of drug-likeness (QED) is 0.895. The molecule has 0 radical (unpaired) electrons. The van der Waals surface area contributed by atoms with E-state index in [0.717, 1.165) is 49.7 Å². The third kappa shape index (κ3) is 3.01. The number of carbonyl (C=O) groups excluding carboxylic acids is 1. The molecule has 7 nitrogen and oxygen atoms in total. The predicted molar refractivity (Wildman–Crippen MR) is 97.3 cm³/mol. The van der Waals surface area contributed by atoms with Gasteiger partial charge in [0, 0.05) is 25.8 Å². The zero-order chi connectivity index (χ0) is 18.0. The Balaban J connectivity index is 1.55. The molecule has 7 heteroatoms. The second kappa shape index (κ2) is 7.17. The normalized spacial score (nSPS) is 19.2. The van der Waals surface area contributed by atoms with Crippen molar-refractivity contribution in [2.45, 2.75) is 25.9 Å². The summed E-state index contributed by atoms with van der Waals surface area (Å²) in [7, 11) is 1.68. The highest BCUT2D eigenvalue weighted by atomic mass is 16.5. The van der Waals surface area contributed by atoms with Crippen molar-refractivity contribution in [3.8, 4) is 11.4 Å². The van der Waals surface area contributed by atoms with Gasteiger partial charge in [-0.15, -0.1) is 10.2 Å². The zero-order valence-electron chi connectivity index (χ0n) is 15.1. The van der Waals surface area contributed by atoms with E-state index in [0.29, 0.717) is 19.7 Å². The van der Waals surface area contributed by atoms with Crippen molar-refractivity contribution in [3.63, 3.8) is 0 Å². The van der Waals surface area contributed by atoms with Gasteiger partial charge in [-0.1, -0.05) is 30.3 Å². The lowest BCUT2D eigenvalue weighted by molar-refractivity contribution is -0.149. The Morgan fingerprint density at radius 3 is 2.69 bits per heavy atom. The zero-order valence-corrected chi connectivity index (χ0v) is 15.1. The molecule has 26 heavy (non-hydrogen) atoms. The molecule has 2 aromatic rings. The van der Waals surface area contributed by atoms with Gasteiger partial charge >= 0.3 is 0 Å². The summed E-state index contributed by atoms with van der Waals surface area (Å²) in [4.78, 5) is 15.2. The first kappa shape index (κ1) is 17.2. The summed E-state index contributed by atoms with van der Waals surface area (Å²) >= 11 is 0. The number of benzene rings is 1. The number of hydrogen-bond acceptors (Lipinski definition) is 5. The Morgan fingerprint density at radius 2 is 1.96 bits per heavy atom. The smallest absolute Gasteiger partial charge is 0.231 e. The first-order valence-corrected chi connectivity index (χ1v) is 9.20. The molecule has 1 amide bonds. The summed E-state index contributed by atoms with van der Waals surface area (Å²) < 4.78 is 7.55. The Kier molecular flexibility index (Phi) is 4.74. The SMILES string of the molecule is COCC1(C(=O)N2CCn3c(nnc3-c3ccccc3)C2)CCNCC1. The fourth-order valence-electron chi connectivity index (χ4n) is 4.07. The lowest BCUT2D eigenvalue weighted by Gasteiger charge is -2.40. The Bertz CT molecular complexity index is 762. The molecular weight excluding hydrogens is 330 g/mol. The van der Waals surface area contributed by atoms with Gasteiger partial charge in [0.15, 0.2) is 11.6 Å². The molecule has 0 atom stereocenters. The van der Waals surface area contributed by atoms with E-state index in [1.165, 1.54) is 0 Å². The highest BCUT2D eigenvalue weighted by Crippen LogP contribution is 2.33. The molecule has 0 unspecified atom stereocenters. The second-order valence-corrected chi connectivity index (χ2v) is 7.15. The molecule has 1 aromatic heterocycles. The first-order chi connectivity index (χ1) is 12.7. The maximum Gasteiger partial charge on any atom is 0.231 e. The third-order valence-electron chi connectivity index (χ3n) is 5.51. The van der Waals surface area contributed by atoms with E-state index in [9.17, 15) is 4.79 Å². The van der Waals surface area contributed by atoms with E-state index in [1.54, 1.807) is 7.11 Å². The van der Waals surface area contributed by atoms with E-state index >= 15 is 0 Å². The molecule has 2 aliphatic rings. The van der Waals surface area contributed by atoms with Crippen LogP contribution in [0.5, 0.6) is 0 Å². The standard InChI is InChI=1S/C19H25N5O2/c1-26-14-19(7-9-20-10-8-19)18(25)23-11-12-24-16(13-23)21-22-17(24)15-5-3-2-4-6-15/h2-6,20H,7-14H2,1H3. The van der Waals surface area contributed by atoms with Gasteiger partial charge in [0.2, 0.25) is 5.91 Å². The van der Waals surface area contributed by atoms with Crippen LogP contribution in [0.15, 0.2) is 30.3 Å². The van der Waals surface area contributed by atoms with E-state index in [4.69, 9.17) is 4.74 Å². The number of nitrogens with zero attached hydrogens (tertiary/aromatic N) is 4. The molecule has 0 aliphatic carbocycles. The minimum atomic E-state index is -0.412. The van der Waals surface area contributed by atoms with Gasteiger partial charge in [-0.05, 0) is 25.9 Å². The monoisotopic (exact) mass is 355 g/mol. The van der Waals surface area contributed by atoms with Gasteiger partial charge in [-0.3, -0.25) is 4.79 Å². The molecular formula is C19H25N5O2.